The van der Waals surface area contributed by atoms with Crippen LogP contribution in [0.15, 0.2) is 28.9 Å². The minimum absolute atomic E-state index is 0.0373. The summed E-state index contributed by atoms with van der Waals surface area (Å²) in [5.74, 6) is -1.11. The van der Waals surface area contributed by atoms with Gasteiger partial charge in [-0.05, 0) is 34.6 Å². The second-order valence-corrected chi connectivity index (χ2v) is 4.17. The Morgan fingerprint density at radius 1 is 1.32 bits per heavy atom. The second kappa shape index (κ2) is 5.24. The molecule has 0 aliphatic rings. The number of nitrogens with two attached hydrogens (primary N) is 1. The fraction of sp³-hybridized carbons (Fsp3) is 0.0833. The van der Waals surface area contributed by atoms with Gasteiger partial charge in [0.2, 0.25) is 11.6 Å². The standard InChI is InChI=1S/C12H9FN6O3/c1-21-12(20)8-9(6-2-4-7(13)5-3-6)19(18-15-8)11-10(14)16-22-17-11/h2-5H,1H3,(H2,14,16). The topological polar surface area (TPSA) is 122 Å². The molecule has 0 aliphatic carbocycles. The maximum absolute atomic E-state index is 13.1. The third-order valence-electron chi connectivity index (χ3n) is 2.86. The Hall–Kier alpha value is -3.30. The summed E-state index contributed by atoms with van der Waals surface area (Å²) in [6.07, 6.45) is 0. The lowest BCUT2D eigenvalue weighted by molar-refractivity contribution is 0.0595. The molecule has 2 N–H and O–H groups in total. The molecule has 112 valence electrons. The fourth-order valence-electron chi connectivity index (χ4n) is 1.87. The monoisotopic (exact) mass is 304 g/mol. The van der Waals surface area contributed by atoms with E-state index in [9.17, 15) is 9.18 Å². The molecule has 9 nitrogen and oxygen atoms in total. The van der Waals surface area contributed by atoms with E-state index >= 15 is 0 Å². The molecule has 1 aromatic carbocycles. The van der Waals surface area contributed by atoms with Crippen LogP contribution in [0.4, 0.5) is 10.2 Å². The number of hydrogen-bond donors (Lipinski definition) is 1. The van der Waals surface area contributed by atoms with E-state index < -0.39 is 11.8 Å². The highest BCUT2D eigenvalue weighted by atomic mass is 19.1. The maximum Gasteiger partial charge on any atom is 0.360 e. The highest BCUT2D eigenvalue weighted by molar-refractivity contribution is 5.94. The first kappa shape index (κ1) is 13.7. The van der Waals surface area contributed by atoms with Crippen molar-refractivity contribution < 1.29 is 18.6 Å². The molecule has 2 aromatic heterocycles. The molecular formula is C12H9FN6O3. The van der Waals surface area contributed by atoms with Crippen LogP contribution in [0.25, 0.3) is 17.1 Å². The van der Waals surface area contributed by atoms with E-state index in [2.05, 4.69) is 30.0 Å². The van der Waals surface area contributed by atoms with Crippen molar-refractivity contribution in [3.63, 3.8) is 0 Å². The van der Waals surface area contributed by atoms with Gasteiger partial charge in [0, 0.05) is 5.56 Å². The van der Waals surface area contributed by atoms with E-state index in [0.717, 1.165) is 0 Å². The number of carbonyl (C=O) groups is 1. The number of aromatic nitrogens is 5. The molecule has 3 rings (SSSR count). The predicted molar refractivity (Wildman–Crippen MR) is 70.4 cm³/mol. The smallest absolute Gasteiger partial charge is 0.360 e. The van der Waals surface area contributed by atoms with Crippen LogP contribution >= 0.6 is 0 Å². The van der Waals surface area contributed by atoms with Gasteiger partial charge in [0.1, 0.15) is 11.5 Å². The zero-order chi connectivity index (χ0) is 15.7. The summed E-state index contributed by atoms with van der Waals surface area (Å²) in [6, 6.07) is 5.39. The highest BCUT2D eigenvalue weighted by Crippen LogP contribution is 2.26. The minimum atomic E-state index is -0.708. The van der Waals surface area contributed by atoms with Crippen molar-refractivity contribution >= 4 is 11.8 Å². The van der Waals surface area contributed by atoms with Crippen LogP contribution in [0.2, 0.25) is 0 Å². The number of methoxy groups -OCH3 is 1. The highest BCUT2D eigenvalue weighted by Gasteiger charge is 2.25. The largest absolute Gasteiger partial charge is 0.464 e. The summed E-state index contributed by atoms with van der Waals surface area (Å²) in [6.45, 7) is 0. The molecule has 0 atom stereocenters. The van der Waals surface area contributed by atoms with Crippen LogP contribution in [0.3, 0.4) is 0 Å². The van der Waals surface area contributed by atoms with E-state index in [1.807, 2.05) is 0 Å². The Balaban J connectivity index is 2.24. The molecule has 3 aromatic rings. The van der Waals surface area contributed by atoms with Crippen molar-refractivity contribution in [1.29, 1.82) is 0 Å². The molecule has 0 saturated heterocycles. The first-order chi connectivity index (χ1) is 10.6. The van der Waals surface area contributed by atoms with Gasteiger partial charge in [0.05, 0.1) is 7.11 Å². The van der Waals surface area contributed by atoms with Crippen LogP contribution in [-0.2, 0) is 4.74 Å². The van der Waals surface area contributed by atoms with Gasteiger partial charge < -0.3 is 10.5 Å². The Kier molecular flexibility index (Phi) is 3.26. The molecule has 0 radical (unpaired) electrons. The average Bonchev–Trinajstić information content (AvgIpc) is 3.13. The van der Waals surface area contributed by atoms with Gasteiger partial charge in [-0.3, -0.25) is 0 Å². The molecule has 0 saturated carbocycles. The van der Waals surface area contributed by atoms with Crippen molar-refractivity contribution in [2.45, 2.75) is 0 Å². The molecule has 0 bridgehead atoms. The molecule has 0 fully saturated rings. The number of anilines is 1. The lowest BCUT2D eigenvalue weighted by Crippen LogP contribution is -2.07. The normalized spacial score (nSPS) is 10.6. The number of esters is 1. The van der Waals surface area contributed by atoms with Gasteiger partial charge in [-0.25, -0.2) is 13.8 Å². The third kappa shape index (κ3) is 2.16. The summed E-state index contributed by atoms with van der Waals surface area (Å²) in [7, 11) is 1.21. The zero-order valence-corrected chi connectivity index (χ0v) is 11.2. The molecule has 0 unspecified atom stereocenters. The summed E-state index contributed by atoms with van der Waals surface area (Å²) in [4.78, 5) is 11.8. The van der Waals surface area contributed by atoms with Gasteiger partial charge in [0.25, 0.3) is 0 Å². The molecule has 0 spiro atoms. The van der Waals surface area contributed by atoms with E-state index in [1.165, 1.54) is 36.1 Å². The number of halogens is 1. The predicted octanol–water partition coefficient (Wildman–Crippen LogP) is 0.825. The Labute approximate surface area is 122 Å². The maximum atomic E-state index is 13.1. The van der Waals surface area contributed by atoms with Gasteiger partial charge in [-0.15, -0.1) is 5.10 Å². The number of nitrogen functional groups attached to an aromatic ring is 1. The van der Waals surface area contributed by atoms with Crippen molar-refractivity contribution in [3.8, 4) is 17.1 Å². The number of nitrogens with zero attached hydrogens (tertiary/aromatic N) is 5. The van der Waals surface area contributed by atoms with Gasteiger partial charge in [-0.2, -0.15) is 4.68 Å². The number of ether oxygens (including phenoxy) is 1. The second-order valence-electron chi connectivity index (χ2n) is 4.17. The molecule has 0 amide bonds. The van der Waals surface area contributed by atoms with Gasteiger partial charge >= 0.3 is 5.97 Å². The van der Waals surface area contributed by atoms with E-state index in [0.29, 0.717) is 5.56 Å². The Morgan fingerprint density at radius 3 is 2.64 bits per heavy atom. The van der Waals surface area contributed by atoms with Gasteiger partial charge in [-0.1, -0.05) is 5.21 Å². The van der Waals surface area contributed by atoms with Crippen LogP contribution in [0.1, 0.15) is 10.5 Å². The quantitative estimate of drug-likeness (QED) is 0.706. The molecule has 10 heteroatoms. The van der Waals surface area contributed by atoms with Crippen LogP contribution in [-0.4, -0.2) is 38.4 Å². The summed E-state index contributed by atoms with van der Waals surface area (Å²) in [5.41, 5.74) is 6.25. The SMILES string of the molecule is COC(=O)c1nnn(-c2nonc2N)c1-c1ccc(F)cc1. The van der Waals surface area contributed by atoms with Crippen LogP contribution in [0, 0.1) is 5.82 Å². The number of hydrogen-bond acceptors (Lipinski definition) is 8. The van der Waals surface area contributed by atoms with Crippen LogP contribution < -0.4 is 5.73 Å². The molecule has 0 aliphatic heterocycles. The lowest BCUT2D eigenvalue weighted by Gasteiger charge is -2.05. The first-order valence-electron chi connectivity index (χ1n) is 6.00. The zero-order valence-electron chi connectivity index (χ0n) is 11.2. The van der Waals surface area contributed by atoms with Gasteiger partial charge in [0.15, 0.2) is 5.69 Å². The van der Waals surface area contributed by atoms with E-state index in [-0.39, 0.29) is 23.0 Å². The van der Waals surface area contributed by atoms with Crippen molar-refractivity contribution in [2.75, 3.05) is 12.8 Å². The summed E-state index contributed by atoms with van der Waals surface area (Å²) in [5, 5.41) is 14.6. The number of carbonyl (C=O) groups excluding carboxylic acids is 1. The Morgan fingerprint density at radius 2 is 2.05 bits per heavy atom. The first-order valence-corrected chi connectivity index (χ1v) is 6.00. The van der Waals surface area contributed by atoms with E-state index in [1.54, 1.807) is 0 Å². The minimum Gasteiger partial charge on any atom is -0.464 e. The average molecular weight is 304 g/mol. The third-order valence-corrected chi connectivity index (χ3v) is 2.86. The summed E-state index contributed by atoms with van der Waals surface area (Å²) >= 11 is 0. The van der Waals surface area contributed by atoms with E-state index in [4.69, 9.17) is 5.73 Å². The molecule has 2 heterocycles. The molecular weight excluding hydrogens is 295 g/mol. The van der Waals surface area contributed by atoms with Crippen LogP contribution in [0.5, 0.6) is 0 Å². The molecule has 22 heavy (non-hydrogen) atoms. The van der Waals surface area contributed by atoms with Crippen molar-refractivity contribution in [2.24, 2.45) is 0 Å². The summed E-state index contributed by atoms with van der Waals surface area (Å²) < 4.78 is 23.5. The lowest BCUT2D eigenvalue weighted by atomic mass is 10.1. The number of benzene rings is 1. The Bertz CT molecular complexity index is 826. The van der Waals surface area contributed by atoms with Crippen molar-refractivity contribution in [1.82, 2.24) is 25.3 Å². The number of rotatable bonds is 3. The fourth-order valence-corrected chi connectivity index (χ4v) is 1.87. The van der Waals surface area contributed by atoms with Crippen molar-refractivity contribution in [3.05, 3.63) is 35.8 Å².